The van der Waals surface area contributed by atoms with Gasteiger partial charge in [0.05, 0.1) is 15.6 Å². The second-order valence-corrected chi connectivity index (χ2v) is 8.21. The summed E-state index contributed by atoms with van der Waals surface area (Å²) in [7, 11) is 3.65. The molecule has 1 atom stereocenters. The van der Waals surface area contributed by atoms with Crippen molar-refractivity contribution in [3.8, 4) is 5.75 Å². The molecule has 3 rings (SSSR count). The Morgan fingerprint density at radius 2 is 1.68 bits per heavy atom. The number of hydrogen-bond donors (Lipinski definition) is 3. The van der Waals surface area contributed by atoms with E-state index in [-0.39, 0.29) is 23.2 Å². The van der Waals surface area contributed by atoms with Crippen molar-refractivity contribution in [3.63, 3.8) is 0 Å². The number of benzene rings is 2. The summed E-state index contributed by atoms with van der Waals surface area (Å²) in [6, 6.07) is 12.6. The minimum absolute atomic E-state index is 0.0821. The third-order valence-electron chi connectivity index (χ3n) is 4.19. The zero-order valence-corrected chi connectivity index (χ0v) is 17.2. The van der Waals surface area contributed by atoms with Gasteiger partial charge in [-0.05, 0) is 50.7 Å². The fourth-order valence-electron chi connectivity index (χ4n) is 2.74. The third-order valence-corrected chi connectivity index (χ3v) is 5.58. The monoisotopic (exact) mass is 417 g/mol. The van der Waals surface area contributed by atoms with Crippen LogP contribution < -0.4 is 21.5 Å². The first-order valence-electron chi connectivity index (χ1n) is 8.58. The molecular formula is C20H20ClN3O3S. The van der Waals surface area contributed by atoms with Gasteiger partial charge in [-0.2, -0.15) is 0 Å². The van der Waals surface area contributed by atoms with Crippen LogP contribution in [0.15, 0.2) is 56.9 Å². The highest BCUT2D eigenvalue weighted by Crippen LogP contribution is 2.42. The maximum atomic E-state index is 12.1. The SMILES string of the molecule is CC(Nc1c(Nc2ccc(Cl)c(SN(C)C)c2O)c(=O)c1=O)c1ccccc1. The van der Waals surface area contributed by atoms with Gasteiger partial charge in [-0.3, -0.25) is 13.9 Å². The largest absolute Gasteiger partial charge is 0.505 e. The lowest BCUT2D eigenvalue weighted by Gasteiger charge is -2.21. The van der Waals surface area contributed by atoms with E-state index >= 15 is 0 Å². The molecule has 0 aliphatic rings. The first kappa shape index (κ1) is 20.3. The number of phenols is 1. The molecule has 6 nitrogen and oxygen atoms in total. The van der Waals surface area contributed by atoms with Crippen LogP contribution in [0.2, 0.25) is 5.02 Å². The quantitative estimate of drug-likeness (QED) is 0.303. The normalized spacial score (nSPS) is 12.3. The Hall–Kier alpha value is -2.48. The number of nitrogens with one attached hydrogen (secondary N) is 2. The topological polar surface area (TPSA) is 81.7 Å². The van der Waals surface area contributed by atoms with Crippen LogP contribution in [0.4, 0.5) is 17.1 Å². The zero-order valence-electron chi connectivity index (χ0n) is 15.6. The Bertz CT molecular complexity index is 1060. The van der Waals surface area contributed by atoms with E-state index in [2.05, 4.69) is 10.6 Å². The lowest BCUT2D eigenvalue weighted by Crippen LogP contribution is -2.37. The molecule has 0 bridgehead atoms. The van der Waals surface area contributed by atoms with Gasteiger partial charge in [0.15, 0.2) is 5.75 Å². The minimum Gasteiger partial charge on any atom is -0.505 e. The average Bonchev–Trinajstić information content (AvgIpc) is 2.69. The van der Waals surface area contributed by atoms with Crippen molar-refractivity contribution in [2.24, 2.45) is 0 Å². The summed E-state index contributed by atoms with van der Waals surface area (Å²) in [4.78, 5) is 24.6. The molecule has 0 fully saturated rings. The van der Waals surface area contributed by atoms with Crippen molar-refractivity contribution in [1.29, 1.82) is 0 Å². The Morgan fingerprint density at radius 3 is 2.32 bits per heavy atom. The number of hydrogen-bond acceptors (Lipinski definition) is 7. The maximum Gasteiger partial charge on any atom is 0.253 e. The molecule has 146 valence electrons. The molecular weight excluding hydrogens is 398 g/mol. The van der Waals surface area contributed by atoms with Crippen LogP contribution in [0, 0.1) is 0 Å². The van der Waals surface area contributed by atoms with Crippen LogP contribution in [0.25, 0.3) is 0 Å². The van der Waals surface area contributed by atoms with Gasteiger partial charge in [0.2, 0.25) is 0 Å². The molecule has 3 aromatic carbocycles. The molecule has 0 radical (unpaired) electrons. The smallest absolute Gasteiger partial charge is 0.253 e. The van der Waals surface area contributed by atoms with Crippen LogP contribution in [0.1, 0.15) is 18.5 Å². The molecule has 8 heteroatoms. The van der Waals surface area contributed by atoms with E-state index < -0.39 is 10.9 Å². The van der Waals surface area contributed by atoms with Gasteiger partial charge in [-0.1, -0.05) is 41.9 Å². The molecule has 28 heavy (non-hydrogen) atoms. The predicted molar refractivity (Wildman–Crippen MR) is 116 cm³/mol. The summed E-state index contributed by atoms with van der Waals surface area (Å²) in [5.74, 6) is -0.0821. The van der Waals surface area contributed by atoms with Crippen molar-refractivity contribution in [2.75, 3.05) is 24.7 Å². The van der Waals surface area contributed by atoms with Crippen molar-refractivity contribution in [2.45, 2.75) is 17.9 Å². The second-order valence-electron chi connectivity index (χ2n) is 6.49. The van der Waals surface area contributed by atoms with Gasteiger partial charge in [-0.25, -0.2) is 0 Å². The third kappa shape index (κ3) is 4.01. The van der Waals surface area contributed by atoms with Crippen molar-refractivity contribution in [3.05, 3.63) is 73.5 Å². The van der Waals surface area contributed by atoms with Crippen LogP contribution in [0.3, 0.4) is 0 Å². The van der Waals surface area contributed by atoms with Gasteiger partial charge in [0.25, 0.3) is 10.9 Å². The molecule has 3 N–H and O–H groups in total. The van der Waals surface area contributed by atoms with Crippen LogP contribution >= 0.6 is 23.5 Å². The van der Waals surface area contributed by atoms with E-state index in [9.17, 15) is 14.7 Å². The van der Waals surface area contributed by atoms with E-state index in [0.29, 0.717) is 15.6 Å². The lowest BCUT2D eigenvalue weighted by atomic mass is 10.1. The van der Waals surface area contributed by atoms with Gasteiger partial charge in [0.1, 0.15) is 11.4 Å². The van der Waals surface area contributed by atoms with E-state index in [1.165, 1.54) is 11.9 Å². The molecule has 0 aromatic heterocycles. The van der Waals surface area contributed by atoms with Gasteiger partial charge in [0, 0.05) is 6.04 Å². The maximum absolute atomic E-state index is 12.1. The Kier molecular flexibility index (Phi) is 5.98. The van der Waals surface area contributed by atoms with Crippen molar-refractivity contribution in [1.82, 2.24) is 4.31 Å². The minimum atomic E-state index is -0.626. The molecule has 0 saturated carbocycles. The van der Waals surface area contributed by atoms with Crippen molar-refractivity contribution < 1.29 is 5.11 Å². The van der Waals surface area contributed by atoms with E-state index in [1.807, 2.05) is 51.4 Å². The Labute approximate surface area is 172 Å². The fourth-order valence-corrected chi connectivity index (χ4v) is 3.71. The van der Waals surface area contributed by atoms with Gasteiger partial charge in [-0.15, -0.1) is 0 Å². The lowest BCUT2D eigenvalue weighted by molar-refractivity contribution is 0.464. The molecule has 0 aliphatic carbocycles. The van der Waals surface area contributed by atoms with Crippen LogP contribution in [-0.4, -0.2) is 23.5 Å². The highest BCUT2D eigenvalue weighted by Gasteiger charge is 2.24. The van der Waals surface area contributed by atoms with Gasteiger partial charge < -0.3 is 15.7 Å². The molecule has 0 aliphatic heterocycles. The predicted octanol–water partition coefficient (Wildman–Crippen LogP) is 4.13. The number of rotatable bonds is 7. The summed E-state index contributed by atoms with van der Waals surface area (Å²) in [6.45, 7) is 1.90. The van der Waals surface area contributed by atoms with E-state index in [1.54, 1.807) is 16.4 Å². The molecule has 0 spiro atoms. The van der Waals surface area contributed by atoms with Crippen LogP contribution in [0.5, 0.6) is 5.75 Å². The molecule has 0 heterocycles. The summed E-state index contributed by atoms with van der Waals surface area (Å²) in [6.07, 6.45) is 0. The number of anilines is 3. The number of aromatic hydroxyl groups is 1. The molecule has 0 saturated heterocycles. The summed E-state index contributed by atoms with van der Waals surface area (Å²) in [5.41, 5.74) is 0.418. The second kappa shape index (κ2) is 8.26. The summed E-state index contributed by atoms with van der Waals surface area (Å²) in [5, 5.41) is 16.9. The standard InChI is InChI=1S/C20H20ClN3O3S/c1-11(12-7-5-4-6-8-12)22-15-16(19(27)18(15)26)23-14-10-9-13(21)20(17(14)25)28-24(2)3/h4-11,22-23,25H,1-3H3. The highest BCUT2D eigenvalue weighted by molar-refractivity contribution is 7.97. The first-order valence-corrected chi connectivity index (χ1v) is 9.73. The number of phenolic OH excluding ortho intramolecular Hbond substituents is 1. The number of nitrogens with zero attached hydrogens (tertiary/aromatic N) is 1. The summed E-state index contributed by atoms with van der Waals surface area (Å²) >= 11 is 7.42. The van der Waals surface area contributed by atoms with E-state index in [4.69, 9.17) is 11.6 Å². The Balaban J connectivity index is 1.88. The molecule has 1 unspecified atom stereocenters. The average molecular weight is 418 g/mol. The van der Waals surface area contributed by atoms with Gasteiger partial charge >= 0.3 is 0 Å². The van der Waals surface area contributed by atoms with Crippen molar-refractivity contribution >= 4 is 40.6 Å². The zero-order chi connectivity index (χ0) is 20.4. The van der Waals surface area contributed by atoms with E-state index in [0.717, 1.165) is 5.56 Å². The molecule has 0 amide bonds. The molecule has 3 aromatic rings. The first-order chi connectivity index (χ1) is 13.3. The fraction of sp³-hybridized carbons (Fsp3) is 0.200. The highest BCUT2D eigenvalue weighted by atomic mass is 35.5. The Morgan fingerprint density at radius 1 is 1.04 bits per heavy atom. The summed E-state index contributed by atoms with van der Waals surface area (Å²) < 4.78 is 1.79. The number of halogens is 1. The van der Waals surface area contributed by atoms with Crippen LogP contribution in [-0.2, 0) is 0 Å².